The highest BCUT2D eigenvalue weighted by Crippen LogP contribution is 2.40. The summed E-state index contributed by atoms with van der Waals surface area (Å²) in [7, 11) is -0.369. The summed E-state index contributed by atoms with van der Waals surface area (Å²) in [5.41, 5.74) is 1.47. The van der Waals surface area contributed by atoms with E-state index in [-0.39, 0.29) is 31.3 Å². The summed E-state index contributed by atoms with van der Waals surface area (Å²) in [5.74, 6) is 1.45. The lowest BCUT2D eigenvalue weighted by atomic mass is 10.1. The summed E-state index contributed by atoms with van der Waals surface area (Å²) < 4.78 is 71.2. The van der Waals surface area contributed by atoms with E-state index < -0.39 is 7.60 Å². The average molecular weight is 957 g/mol. The number of benzene rings is 1. The van der Waals surface area contributed by atoms with Crippen LogP contribution in [-0.2, 0) is 56.5 Å². The SMILES string of the molecule is CCCCCCCCCCCCOc1cc(C)cc(C(=O)OCCSSCCOC(=O)CCCCOCCOCCOCCOCCOCCOCCOCCP(=O)(O)OCC)c1. The molecule has 1 aromatic rings. The van der Waals surface area contributed by atoms with Gasteiger partial charge in [-0.15, -0.1) is 0 Å². The normalized spacial score (nSPS) is 12.4. The van der Waals surface area contributed by atoms with Gasteiger partial charge >= 0.3 is 19.5 Å². The van der Waals surface area contributed by atoms with Gasteiger partial charge < -0.3 is 56.8 Å². The van der Waals surface area contributed by atoms with E-state index in [0.717, 1.165) is 18.4 Å². The second kappa shape index (κ2) is 44.4. The van der Waals surface area contributed by atoms with Gasteiger partial charge in [0, 0.05) is 24.5 Å². The molecule has 0 radical (unpaired) electrons. The van der Waals surface area contributed by atoms with Crippen LogP contribution in [0.3, 0.4) is 0 Å². The Morgan fingerprint density at radius 1 is 0.540 bits per heavy atom. The number of rotatable bonds is 48. The van der Waals surface area contributed by atoms with Gasteiger partial charge in [0.15, 0.2) is 0 Å². The second-order valence-corrected chi connectivity index (χ2v) is 19.3. The molecule has 368 valence electrons. The summed E-state index contributed by atoms with van der Waals surface area (Å²) in [4.78, 5) is 34.1. The molecular formula is C45H81O15PS2. The summed E-state index contributed by atoms with van der Waals surface area (Å²) in [6, 6.07) is 5.55. The van der Waals surface area contributed by atoms with Crippen LogP contribution in [0.4, 0.5) is 0 Å². The Hall–Kier alpha value is -1.47. The van der Waals surface area contributed by atoms with Gasteiger partial charge in [-0.1, -0.05) is 86.3 Å². The molecule has 1 atom stereocenters. The van der Waals surface area contributed by atoms with Gasteiger partial charge in [-0.2, -0.15) is 0 Å². The summed E-state index contributed by atoms with van der Waals surface area (Å²) in [6.07, 6.45) is 14.6. The Kier molecular flexibility index (Phi) is 41.9. The minimum Gasteiger partial charge on any atom is -0.494 e. The highest BCUT2D eigenvalue weighted by molar-refractivity contribution is 8.76. The Morgan fingerprint density at radius 3 is 1.52 bits per heavy atom. The van der Waals surface area contributed by atoms with Crippen molar-refractivity contribution in [2.75, 3.05) is 137 Å². The van der Waals surface area contributed by atoms with Gasteiger partial charge in [0.05, 0.1) is 111 Å². The molecular weight excluding hydrogens is 876 g/mol. The van der Waals surface area contributed by atoms with Crippen molar-refractivity contribution in [3.8, 4) is 5.75 Å². The number of ether oxygens (including phenoxy) is 10. The maximum Gasteiger partial charge on any atom is 0.338 e. The van der Waals surface area contributed by atoms with Crippen LogP contribution in [0, 0.1) is 6.92 Å². The fourth-order valence-electron chi connectivity index (χ4n) is 5.70. The standard InChI is InChI=1S/C45H81O15PS2/c1-4-6-7-8-9-10-11-12-13-15-19-57-43-39-41(3)38-42(40-43)45(47)59-34-37-63-62-36-33-58-44(46)17-14-16-18-50-20-21-51-22-23-52-24-25-53-26-27-54-28-29-55-30-31-56-32-35-61(48,49)60-5-2/h38-40H,4-37H2,1-3H3,(H,48,49). The molecule has 1 N–H and O–H groups in total. The van der Waals surface area contributed by atoms with E-state index in [1.54, 1.807) is 34.6 Å². The molecule has 0 bridgehead atoms. The number of esters is 2. The molecule has 0 aliphatic carbocycles. The highest BCUT2D eigenvalue weighted by atomic mass is 33.1. The monoisotopic (exact) mass is 956 g/mol. The smallest absolute Gasteiger partial charge is 0.338 e. The molecule has 0 aromatic heterocycles. The first-order valence-corrected chi connectivity index (χ1v) is 27.3. The van der Waals surface area contributed by atoms with E-state index in [4.69, 9.17) is 51.9 Å². The molecule has 1 rings (SSSR count). The van der Waals surface area contributed by atoms with E-state index in [1.165, 1.54) is 57.8 Å². The minimum atomic E-state index is -3.54. The van der Waals surface area contributed by atoms with Crippen molar-refractivity contribution >= 4 is 41.1 Å². The lowest BCUT2D eigenvalue weighted by Crippen LogP contribution is -2.15. The number of carbonyl (C=O) groups is 2. The Balaban J connectivity index is 1.83. The molecule has 0 aliphatic rings. The number of carbonyl (C=O) groups excluding carboxylic acids is 2. The van der Waals surface area contributed by atoms with Crippen molar-refractivity contribution in [3.05, 3.63) is 29.3 Å². The molecule has 63 heavy (non-hydrogen) atoms. The van der Waals surface area contributed by atoms with Crippen molar-refractivity contribution < 1.29 is 70.9 Å². The molecule has 18 heteroatoms. The molecule has 0 amide bonds. The largest absolute Gasteiger partial charge is 0.494 e. The molecule has 0 aliphatic heterocycles. The van der Waals surface area contributed by atoms with E-state index in [9.17, 15) is 19.0 Å². The summed E-state index contributed by atoms with van der Waals surface area (Å²) in [5, 5.41) is 0. The molecule has 0 saturated carbocycles. The van der Waals surface area contributed by atoms with Crippen molar-refractivity contribution in [2.24, 2.45) is 0 Å². The summed E-state index contributed by atoms with van der Waals surface area (Å²) >= 11 is 0. The van der Waals surface area contributed by atoms with Crippen molar-refractivity contribution in [3.63, 3.8) is 0 Å². The molecule has 0 saturated heterocycles. The van der Waals surface area contributed by atoms with Crippen LogP contribution in [0.2, 0.25) is 0 Å². The van der Waals surface area contributed by atoms with E-state index in [0.29, 0.717) is 141 Å². The quantitative estimate of drug-likeness (QED) is 0.0284. The van der Waals surface area contributed by atoms with E-state index in [2.05, 4.69) is 6.92 Å². The van der Waals surface area contributed by atoms with Gasteiger partial charge in [0.25, 0.3) is 0 Å². The maximum atomic E-state index is 12.6. The minimum absolute atomic E-state index is 0.0363. The average Bonchev–Trinajstić information content (AvgIpc) is 3.26. The van der Waals surface area contributed by atoms with Gasteiger partial charge in [0.1, 0.15) is 19.0 Å². The predicted octanol–water partition coefficient (Wildman–Crippen LogP) is 8.88. The Morgan fingerprint density at radius 2 is 1.00 bits per heavy atom. The van der Waals surface area contributed by atoms with Gasteiger partial charge in [-0.3, -0.25) is 9.36 Å². The fraction of sp³-hybridized carbons (Fsp3) is 0.822. The van der Waals surface area contributed by atoms with Crippen LogP contribution in [0.25, 0.3) is 0 Å². The Bertz CT molecular complexity index is 1270. The number of unbranched alkanes of at least 4 members (excludes halogenated alkanes) is 10. The molecule has 1 unspecified atom stereocenters. The van der Waals surface area contributed by atoms with Gasteiger partial charge in [0.2, 0.25) is 0 Å². The van der Waals surface area contributed by atoms with Crippen LogP contribution in [0.1, 0.15) is 113 Å². The number of aryl methyl sites for hydroxylation is 1. The van der Waals surface area contributed by atoms with Crippen molar-refractivity contribution in [1.29, 1.82) is 0 Å². The van der Waals surface area contributed by atoms with Crippen LogP contribution < -0.4 is 4.74 Å². The molecule has 1 aromatic carbocycles. The second-order valence-electron chi connectivity index (χ2n) is 14.6. The zero-order valence-electron chi connectivity index (χ0n) is 38.7. The molecule has 15 nitrogen and oxygen atoms in total. The lowest BCUT2D eigenvalue weighted by Gasteiger charge is -2.11. The van der Waals surface area contributed by atoms with Crippen LogP contribution >= 0.6 is 29.2 Å². The third kappa shape index (κ3) is 40.5. The van der Waals surface area contributed by atoms with Crippen molar-refractivity contribution in [1.82, 2.24) is 0 Å². The summed E-state index contributed by atoms with van der Waals surface area (Å²) in [6.45, 7) is 13.3. The number of hydrogen-bond donors (Lipinski definition) is 1. The zero-order valence-corrected chi connectivity index (χ0v) is 41.2. The first-order chi connectivity index (χ1) is 30.8. The highest BCUT2D eigenvalue weighted by Gasteiger charge is 2.17. The number of hydrogen-bond acceptors (Lipinski definition) is 16. The first kappa shape index (κ1) is 59.5. The van der Waals surface area contributed by atoms with Crippen molar-refractivity contribution in [2.45, 2.75) is 104 Å². The van der Waals surface area contributed by atoms with Crippen LogP contribution in [0.15, 0.2) is 18.2 Å². The fourth-order valence-corrected chi connectivity index (χ4v) is 8.25. The van der Waals surface area contributed by atoms with Crippen LogP contribution in [-0.4, -0.2) is 153 Å². The topological polar surface area (TPSA) is 173 Å². The predicted molar refractivity (Wildman–Crippen MR) is 251 cm³/mol. The molecule has 0 spiro atoms. The Labute approximate surface area is 386 Å². The van der Waals surface area contributed by atoms with E-state index in [1.807, 2.05) is 19.1 Å². The van der Waals surface area contributed by atoms with Crippen LogP contribution in [0.5, 0.6) is 5.75 Å². The first-order valence-electron chi connectivity index (χ1n) is 23.1. The molecule has 0 fully saturated rings. The molecule has 0 heterocycles. The third-order valence-corrected chi connectivity index (χ3v) is 12.7. The van der Waals surface area contributed by atoms with E-state index >= 15 is 0 Å². The zero-order chi connectivity index (χ0) is 45.7. The van der Waals surface area contributed by atoms with Gasteiger partial charge in [-0.25, -0.2) is 4.79 Å². The van der Waals surface area contributed by atoms with Gasteiger partial charge in [-0.05, 0) is 56.9 Å². The lowest BCUT2D eigenvalue weighted by molar-refractivity contribution is -0.143. The third-order valence-electron chi connectivity index (χ3n) is 8.97. The maximum absolute atomic E-state index is 12.6.